The molecule has 0 radical (unpaired) electrons. The Labute approximate surface area is 159 Å². The van der Waals surface area contributed by atoms with Crippen molar-refractivity contribution in [1.82, 2.24) is 14.9 Å². The number of nitrogens with one attached hydrogen (secondary N) is 1. The summed E-state index contributed by atoms with van der Waals surface area (Å²) in [5.41, 5.74) is 5.92. The number of nitrogens with zero attached hydrogens (tertiary/aromatic N) is 2. The minimum atomic E-state index is -0.204. The summed E-state index contributed by atoms with van der Waals surface area (Å²) >= 11 is 0. The molecule has 2 saturated heterocycles. The van der Waals surface area contributed by atoms with Gasteiger partial charge in [-0.05, 0) is 97.8 Å². The molecule has 2 fully saturated rings. The molecule has 27 heavy (non-hydrogen) atoms. The van der Waals surface area contributed by atoms with E-state index in [1.165, 1.54) is 67.6 Å². The predicted octanol–water partition coefficient (Wildman–Crippen LogP) is 5.22. The van der Waals surface area contributed by atoms with Gasteiger partial charge in [0, 0.05) is 30.2 Å². The maximum absolute atomic E-state index is 13.4. The molecule has 2 aliphatic rings. The molecular formula is C23H24FN3. The molecule has 2 aromatic heterocycles. The first-order chi connectivity index (χ1) is 13.3. The Morgan fingerprint density at radius 1 is 0.963 bits per heavy atom. The Morgan fingerprint density at radius 2 is 1.78 bits per heavy atom. The van der Waals surface area contributed by atoms with E-state index in [9.17, 15) is 4.39 Å². The van der Waals surface area contributed by atoms with E-state index in [4.69, 9.17) is 0 Å². The highest BCUT2D eigenvalue weighted by Crippen LogP contribution is 2.43. The molecule has 1 aromatic carbocycles. The minimum Gasteiger partial charge on any atom is -0.360 e. The van der Waals surface area contributed by atoms with Gasteiger partial charge in [-0.25, -0.2) is 4.39 Å². The minimum absolute atomic E-state index is 0.204. The van der Waals surface area contributed by atoms with Gasteiger partial charge in [0.15, 0.2) is 0 Å². The van der Waals surface area contributed by atoms with Gasteiger partial charge < -0.3 is 9.88 Å². The van der Waals surface area contributed by atoms with E-state index in [0.29, 0.717) is 5.92 Å². The largest absolute Gasteiger partial charge is 0.360 e. The molecule has 4 heterocycles. The fourth-order valence-corrected chi connectivity index (χ4v) is 4.94. The maximum atomic E-state index is 13.4. The van der Waals surface area contributed by atoms with Crippen LogP contribution in [-0.4, -0.2) is 34.0 Å². The van der Waals surface area contributed by atoms with Gasteiger partial charge in [-0.3, -0.25) is 4.98 Å². The van der Waals surface area contributed by atoms with E-state index in [-0.39, 0.29) is 5.82 Å². The lowest BCUT2D eigenvalue weighted by molar-refractivity contribution is 0.181. The average molecular weight is 361 g/mol. The predicted molar refractivity (Wildman–Crippen MR) is 106 cm³/mol. The highest BCUT2D eigenvalue weighted by Gasteiger charge is 2.34. The quantitative estimate of drug-likeness (QED) is 0.693. The third-order valence-electron chi connectivity index (χ3n) is 6.27. The summed E-state index contributed by atoms with van der Waals surface area (Å²) in [6.07, 6.45) is 11.0. The molecule has 138 valence electrons. The lowest BCUT2D eigenvalue weighted by Crippen LogP contribution is -2.37. The van der Waals surface area contributed by atoms with Crippen molar-refractivity contribution >= 4 is 0 Å². The molecule has 3 nitrogen and oxygen atoms in total. The summed E-state index contributed by atoms with van der Waals surface area (Å²) in [6, 6.07) is 11.7. The van der Waals surface area contributed by atoms with Crippen LogP contribution in [0.25, 0.3) is 22.4 Å². The standard InChI is InChI=1S/C23H24FN3/c24-19-5-3-17(4-6-19)23-22(16-7-10-25-11-8-16)21(15-26-23)18-9-13-27-12-1-2-20(27)14-18/h3-8,10-11,15,18,20,26H,1-2,9,12-14H2. The Kier molecular flexibility index (Phi) is 4.29. The molecule has 5 rings (SSSR count). The topological polar surface area (TPSA) is 31.9 Å². The number of hydrogen-bond donors (Lipinski definition) is 1. The molecule has 0 amide bonds. The van der Waals surface area contributed by atoms with Crippen LogP contribution in [0.15, 0.2) is 55.0 Å². The molecule has 0 aliphatic carbocycles. The number of pyridine rings is 1. The zero-order chi connectivity index (χ0) is 18.2. The summed E-state index contributed by atoms with van der Waals surface area (Å²) in [5.74, 6) is 0.363. The lowest BCUT2D eigenvalue weighted by Gasteiger charge is -2.35. The lowest BCUT2D eigenvalue weighted by atomic mass is 9.83. The van der Waals surface area contributed by atoms with Crippen molar-refractivity contribution in [2.45, 2.75) is 37.6 Å². The average Bonchev–Trinajstić information content (AvgIpc) is 3.35. The fraction of sp³-hybridized carbons (Fsp3) is 0.348. The molecule has 0 spiro atoms. The summed E-state index contributed by atoms with van der Waals surface area (Å²) in [6.45, 7) is 2.46. The molecule has 2 atom stereocenters. The van der Waals surface area contributed by atoms with Gasteiger partial charge in [0.05, 0.1) is 5.69 Å². The Balaban J connectivity index is 1.58. The normalized spacial score (nSPS) is 22.7. The summed E-state index contributed by atoms with van der Waals surface area (Å²) in [7, 11) is 0. The fourth-order valence-electron chi connectivity index (χ4n) is 4.94. The van der Waals surface area contributed by atoms with Crippen LogP contribution in [0, 0.1) is 5.82 Å². The molecule has 0 bridgehead atoms. The van der Waals surface area contributed by atoms with Crippen LogP contribution in [-0.2, 0) is 0 Å². The number of H-pyrrole nitrogens is 1. The summed E-state index contributed by atoms with van der Waals surface area (Å²) in [5, 5.41) is 0. The third kappa shape index (κ3) is 3.08. The highest BCUT2D eigenvalue weighted by molar-refractivity contribution is 5.84. The number of aromatic nitrogens is 2. The smallest absolute Gasteiger partial charge is 0.123 e. The second kappa shape index (κ2) is 6.93. The van der Waals surface area contributed by atoms with Crippen molar-refractivity contribution in [1.29, 1.82) is 0 Å². The van der Waals surface area contributed by atoms with Crippen molar-refractivity contribution in [3.63, 3.8) is 0 Å². The van der Waals surface area contributed by atoms with Gasteiger partial charge in [0.1, 0.15) is 5.82 Å². The number of fused-ring (bicyclic) bond motifs is 1. The van der Waals surface area contributed by atoms with Crippen molar-refractivity contribution < 1.29 is 4.39 Å². The molecular weight excluding hydrogens is 337 g/mol. The number of piperidine rings is 1. The third-order valence-corrected chi connectivity index (χ3v) is 6.27. The Bertz CT molecular complexity index is 917. The van der Waals surface area contributed by atoms with Gasteiger partial charge in [0.2, 0.25) is 0 Å². The van der Waals surface area contributed by atoms with Crippen molar-refractivity contribution in [2.24, 2.45) is 0 Å². The van der Waals surface area contributed by atoms with Crippen molar-refractivity contribution in [3.8, 4) is 22.4 Å². The summed E-state index contributed by atoms with van der Waals surface area (Å²) in [4.78, 5) is 10.4. The van der Waals surface area contributed by atoms with E-state index in [0.717, 1.165) is 17.3 Å². The van der Waals surface area contributed by atoms with Crippen LogP contribution in [0.3, 0.4) is 0 Å². The van der Waals surface area contributed by atoms with Crippen LogP contribution in [0.2, 0.25) is 0 Å². The second-order valence-electron chi connectivity index (χ2n) is 7.79. The van der Waals surface area contributed by atoms with Gasteiger partial charge in [-0.15, -0.1) is 0 Å². The van der Waals surface area contributed by atoms with E-state index in [1.54, 1.807) is 0 Å². The number of benzene rings is 1. The van der Waals surface area contributed by atoms with Crippen LogP contribution in [0.4, 0.5) is 4.39 Å². The second-order valence-corrected chi connectivity index (χ2v) is 7.79. The van der Waals surface area contributed by atoms with Crippen LogP contribution in [0.1, 0.15) is 37.2 Å². The molecule has 4 heteroatoms. The zero-order valence-corrected chi connectivity index (χ0v) is 15.4. The van der Waals surface area contributed by atoms with E-state index in [2.05, 4.69) is 33.2 Å². The molecule has 2 aliphatic heterocycles. The number of hydrogen-bond acceptors (Lipinski definition) is 2. The van der Waals surface area contributed by atoms with Crippen LogP contribution < -0.4 is 0 Å². The Morgan fingerprint density at radius 3 is 2.59 bits per heavy atom. The van der Waals surface area contributed by atoms with Gasteiger partial charge in [0.25, 0.3) is 0 Å². The van der Waals surface area contributed by atoms with Gasteiger partial charge in [-0.2, -0.15) is 0 Å². The van der Waals surface area contributed by atoms with Crippen LogP contribution >= 0.6 is 0 Å². The first kappa shape index (κ1) is 16.7. The Hall–Kier alpha value is -2.46. The van der Waals surface area contributed by atoms with Crippen molar-refractivity contribution in [2.75, 3.05) is 13.1 Å². The molecule has 1 N–H and O–H groups in total. The molecule has 3 aromatic rings. The van der Waals surface area contributed by atoms with E-state index >= 15 is 0 Å². The van der Waals surface area contributed by atoms with E-state index < -0.39 is 0 Å². The first-order valence-electron chi connectivity index (χ1n) is 9.91. The van der Waals surface area contributed by atoms with Crippen molar-refractivity contribution in [3.05, 3.63) is 66.4 Å². The zero-order valence-electron chi connectivity index (χ0n) is 15.4. The monoisotopic (exact) mass is 361 g/mol. The maximum Gasteiger partial charge on any atom is 0.123 e. The number of aromatic amines is 1. The summed E-state index contributed by atoms with van der Waals surface area (Å²) < 4.78 is 13.4. The van der Waals surface area contributed by atoms with Crippen LogP contribution in [0.5, 0.6) is 0 Å². The highest BCUT2D eigenvalue weighted by atomic mass is 19.1. The first-order valence-corrected chi connectivity index (χ1v) is 9.91. The van der Waals surface area contributed by atoms with Gasteiger partial charge in [-0.1, -0.05) is 0 Å². The molecule has 2 unspecified atom stereocenters. The van der Waals surface area contributed by atoms with E-state index in [1.807, 2.05) is 24.5 Å². The van der Waals surface area contributed by atoms with Gasteiger partial charge >= 0.3 is 0 Å². The SMILES string of the molecule is Fc1ccc(-c2[nH]cc(C3CCN4CCCC4C3)c2-c2ccncc2)cc1. The number of halogens is 1. The number of rotatable bonds is 3. The molecule has 0 saturated carbocycles.